The van der Waals surface area contributed by atoms with Crippen molar-refractivity contribution in [3.8, 4) is 0 Å². The molecule has 0 aliphatic carbocycles. The minimum atomic E-state index is -4.20. The predicted octanol–water partition coefficient (Wildman–Crippen LogP) is 3.67. The van der Waals surface area contributed by atoms with Crippen LogP contribution >= 0.6 is 21.6 Å². The highest BCUT2D eigenvalue weighted by molar-refractivity contribution is 8.77. The van der Waals surface area contributed by atoms with Crippen molar-refractivity contribution in [2.24, 2.45) is 10.8 Å². The maximum absolute atomic E-state index is 13.1. The van der Waals surface area contributed by atoms with E-state index in [0.717, 1.165) is 24.6 Å². The molecule has 1 rings (SSSR count). The molecule has 1 aliphatic heterocycles. The van der Waals surface area contributed by atoms with Gasteiger partial charge < -0.3 is 25.0 Å². The minimum absolute atomic E-state index is 0.0667. The van der Waals surface area contributed by atoms with Gasteiger partial charge in [0.25, 0.3) is 0 Å². The highest BCUT2D eigenvalue weighted by Crippen LogP contribution is 2.40. The van der Waals surface area contributed by atoms with Crippen LogP contribution in [-0.4, -0.2) is 98.7 Å². The first-order valence-electron chi connectivity index (χ1n) is 15.4. The minimum Gasteiger partial charge on any atom is -0.748 e. The van der Waals surface area contributed by atoms with Crippen molar-refractivity contribution in [3.63, 3.8) is 0 Å². The maximum atomic E-state index is 13.1. The molecular weight excluding hydrogens is 597 g/mol. The standard InChI is InChI=1S/C29H56N4O6S3/c1-7-29(4,27(36)32-18-11-19-33(5,6)20-12-22-42(37,38)39)23-28(2,3)26(35)31-17-10-16-30-25(34)14-9-8-13-24-15-21-40-41-24/h24H,7-23H2,1-6H3,(H3-,30,31,32,34,35,36,37,38,39). The smallest absolute Gasteiger partial charge is 0.225 e. The van der Waals surface area contributed by atoms with Crippen LogP contribution in [0.1, 0.15) is 91.9 Å². The number of rotatable bonds is 22. The van der Waals surface area contributed by atoms with E-state index in [4.69, 9.17) is 0 Å². The molecule has 1 fully saturated rings. The maximum Gasteiger partial charge on any atom is 0.225 e. The van der Waals surface area contributed by atoms with Gasteiger partial charge >= 0.3 is 0 Å². The number of nitrogens with zero attached hydrogens (tertiary/aromatic N) is 1. The van der Waals surface area contributed by atoms with Crippen molar-refractivity contribution in [3.05, 3.63) is 0 Å². The summed E-state index contributed by atoms with van der Waals surface area (Å²) < 4.78 is 33.1. The molecule has 3 N–H and O–H groups in total. The van der Waals surface area contributed by atoms with Crippen LogP contribution in [0.15, 0.2) is 0 Å². The second kappa shape index (κ2) is 18.7. The van der Waals surface area contributed by atoms with Gasteiger partial charge in [-0.3, -0.25) is 14.4 Å². The Morgan fingerprint density at radius 3 is 2.14 bits per heavy atom. The molecule has 0 spiro atoms. The van der Waals surface area contributed by atoms with Crippen LogP contribution in [0.4, 0.5) is 0 Å². The number of amides is 3. The quantitative estimate of drug-likeness (QED) is 0.0696. The molecule has 2 unspecified atom stereocenters. The van der Waals surface area contributed by atoms with Gasteiger partial charge in [-0.25, -0.2) is 8.42 Å². The third kappa shape index (κ3) is 16.7. The Morgan fingerprint density at radius 1 is 0.905 bits per heavy atom. The molecule has 246 valence electrons. The van der Waals surface area contributed by atoms with Gasteiger partial charge in [-0.2, -0.15) is 0 Å². The Hall–Kier alpha value is -1.02. The first-order chi connectivity index (χ1) is 19.5. The summed E-state index contributed by atoms with van der Waals surface area (Å²) in [6.45, 7) is 10.3. The summed E-state index contributed by atoms with van der Waals surface area (Å²) in [6.07, 6.45) is 7.67. The predicted molar refractivity (Wildman–Crippen MR) is 173 cm³/mol. The molecule has 10 nitrogen and oxygen atoms in total. The zero-order chi connectivity index (χ0) is 31.9. The molecule has 0 saturated carbocycles. The topological polar surface area (TPSA) is 144 Å². The van der Waals surface area contributed by atoms with Crippen molar-refractivity contribution in [1.82, 2.24) is 16.0 Å². The molecule has 0 radical (unpaired) electrons. The Balaban J connectivity index is 2.32. The van der Waals surface area contributed by atoms with Crippen molar-refractivity contribution in [2.45, 2.75) is 97.2 Å². The molecule has 0 aromatic carbocycles. The lowest BCUT2D eigenvalue weighted by Gasteiger charge is -2.35. The fourth-order valence-electron chi connectivity index (χ4n) is 5.19. The van der Waals surface area contributed by atoms with E-state index in [-0.39, 0.29) is 23.5 Å². The van der Waals surface area contributed by atoms with Crippen LogP contribution in [0.2, 0.25) is 0 Å². The number of carbonyl (C=O) groups is 3. The van der Waals surface area contributed by atoms with E-state index in [0.29, 0.717) is 69.2 Å². The Bertz CT molecular complexity index is 955. The number of hydrogen-bond acceptors (Lipinski definition) is 8. The van der Waals surface area contributed by atoms with Gasteiger partial charge in [0.2, 0.25) is 17.7 Å². The Labute approximate surface area is 262 Å². The van der Waals surface area contributed by atoms with Gasteiger partial charge in [-0.15, -0.1) is 0 Å². The summed E-state index contributed by atoms with van der Waals surface area (Å²) in [7, 11) is 3.67. The summed E-state index contributed by atoms with van der Waals surface area (Å²) in [5.74, 6) is 0.750. The lowest BCUT2D eigenvalue weighted by molar-refractivity contribution is -0.890. The fourth-order valence-corrected chi connectivity index (χ4v) is 8.70. The summed E-state index contributed by atoms with van der Waals surface area (Å²) in [5.41, 5.74) is -1.46. The molecule has 1 aliphatic rings. The van der Waals surface area contributed by atoms with Crippen LogP contribution in [0.5, 0.6) is 0 Å². The van der Waals surface area contributed by atoms with Crippen LogP contribution in [-0.2, 0) is 24.5 Å². The molecule has 13 heteroatoms. The summed E-state index contributed by atoms with van der Waals surface area (Å²) in [6, 6.07) is 0. The summed E-state index contributed by atoms with van der Waals surface area (Å²) in [5, 5.41) is 9.69. The molecule has 0 aromatic rings. The number of nitrogens with one attached hydrogen (secondary N) is 3. The van der Waals surface area contributed by atoms with Gasteiger partial charge in [0.1, 0.15) is 0 Å². The van der Waals surface area contributed by atoms with Gasteiger partial charge in [-0.05, 0) is 38.5 Å². The molecule has 42 heavy (non-hydrogen) atoms. The average Bonchev–Trinajstić information content (AvgIpc) is 3.41. The van der Waals surface area contributed by atoms with E-state index in [9.17, 15) is 27.4 Å². The van der Waals surface area contributed by atoms with Crippen molar-refractivity contribution >= 4 is 49.4 Å². The average molecular weight is 653 g/mol. The fraction of sp³-hybridized carbons (Fsp3) is 0.897. The first-order valence-corrected chi connectivity index (χ1v) is 19.3. The van der Waals surface area contributed by atoms with E-state index in [1.807, 2.05) is 63.4 Å². The molecular formula is C29H56N4O6S3. The van der Waals surface area contributed by atoms with Crippen LogP contribution < -0.4 is 16.0 Å². The lowest BCUT2D eigenvalue weighted by atomic mass is 9.71. The van der Waals surface area contributed by atoms with Gasteiger partial charge in [-0.1, -0.05) is 55.7 Å². The van der Waals surface area contributed by atoms with Crippen LogP contribution in [0.3, 0.4) is 0 Å². The number of carbonyl (C=O) groups excluding carboxylic acids is 3. The van der Waals surface area contributed by atoms with Crippen molar-refractivity contribution < 1.29 is 31.8 Å². The second-order valence-electron chi connectivity index (χ2n) is 13.1. The van der Waals surface area contributed by atoms with E-state index < -0.39 is 20.9 Å². The summed E-state index contributed by atoms with van der Waals surface area (Å²) in [4.78, 5) is 38.2. The van der Waals surface area contributed by atoms with E-state index in [1.54, 1.807) is 0 Å². The normalized spacial score (nSPS) is 17.5. The SMILES string of the molecule is CCC(C)(CC(C)(C)C(=O)NCCCNC(=O)CCCCC1CCSS1)C(=O)NCCC[N+](C)(C)CCCS(=O)(=O)[O-]. The van der Waals surface area contributed by atoms with E-state index >= 15 is 0 Å². The first kappa shape index (κ1) is 39.0. The molecule has 1 saturated heterocycles. The van der Waals surface area contributed by atoms with Crippen LogP contribution in [0, 0.1) is 10.8 Å². The molecule has 0 bridgehead atoms. The second-order valence-corrected chi connectivity index (χ2v) is 17.4. The highest BCUT2D eigenvalue weighted by atomic mass is 33.1. The van der Waals surface area contributed by atoms with Gasteiger partial charge in [0, 0.05) is 66.5 Å². The van der Waals surface area contributed by atoms with Crippen LogP contribution in [0.25, 0.3) is 0 Å². The Kier molecular flexibility index (Phi) is 17.4. The third-order valence-electron chi connectivity index (χ3n) is 8.03. The van der Waals surface area contributed by atoms with Gasteiger partial charge in [0.05, 0.1) is 37.3 Å². The number of hydrogen-bond donors (Lipinski definition) is 3. The number of unbranched alkanes of at least 4 members (excludes halogenated alkanes) is 1. The molecule has 3 amide bonds. The highest BCUT2D eigenvalue weighted by Gasteiger charge is 2.40. The third-order valence-corrected chi connectivity index (χ3v) is 11.8. The zero-order valence-electron chi connectivity index (χ0n) is 26.7. The monoisotopic (exact) mass is 652 g/mol. The lowest BCUT2D eigenvalue weighted by Crippen LogP contribution is -2.47. The van der Waals surface area contributed by atoms with E-state index in [1.165, 1.54) is 18.6 Å². The zero-order valence-corrected chi connectivity index (χ0v) is 29.2. The number of quaternary nitrogens is 1. The largest absolute Gasteiger partial charge is 0.748 e. The molecule has 0 aromatic heterocycles. The van der Waals surface area contributed by atoms with Crippen molar-refractivity contribution in [2.75, 3.05) is 58.3 Å². The molecule has 1 heterocycles. The molecule has 2 atom stereocenters. The van der Waals surface area contributed by atoms with Gasteiger partial charge in [0.15, 0.2) is 0 Å². The summed E-state index contributed by atoms with van der Waals surface area (Å²) >= 11 is 0. The Morgan fingerprint density at radius 2 is 1.52 bits per heavy atom. The van der Waals surface area contributed by atoms with Crippen molar-refractivity contribution in [1.29, 1.82) is 0 Å². The van der Waals surface area contributed by atoms with E-state index in [2.05, 4.69) is 16.0 Å².